The fourth-order valence-corrected chi connectivity index (χ4v) is 0.672. The lowest BCUT2D eigenvalue weighted by Gasteiger charge is -1.76. The SMILES string of the molecule is C1=NOCC1.c1csnn1. The van der Waals surface area contributed by atoms with Crippen LogP contribution in [0.2, 0.25) is 0 Å². The first-order chi connectivity index (χ1) is 5.00. The van der Waals surface area contributed by atoms with E-state index in [1.165, 1.54) is 11.5 Å². The van der Waals surface area contributed by atoms with Crippen LogP contribution in [-0.4, -0.2) is 22.4 Å². The number of hydrogen-bond donors (Lipinski definition) is 0. The van der Waals surface area contributed by atoms with Crippen molar-refractivity contribution in [3.63, 3.8) is 0 Å². The highest BCUT2D eigenvalue weighted by Crippen LogP contribution is 1.86. The lowest BCUT2D eigenvalue weighted by Crippen LogP contribution is -1.72. The Balaban J connectivity index is 0.0000001000. The predicted molar refractivity (Wildman–Crippen MR) is 39.0 cm³/mol. The van der Waals surface area contributed by atoms with E-state index in [-0.39, 0.29) is 0 Å². The highest BCUT2D eigenvalue weighted by molar-refractivity contribution is 7.03. The summed E-state index contributed by atoms with van der Waals surface area (Å²) in [5.41, 5.74) is 0. The normalized spacial score (nSPS) is 13.6. The quantitative estimate of drug-likeness (QED) is 0.563. The molecule has 0 saturated heterocycles. The Hall–Kier alpha value is -0.970. The molecule has 0 N–H and O–H groups in total. The lowest BCUT2D eigenvalue weighted by molar-refractivity contribution is 0.174. The minimum Gasteiger partial charge on any atom is -0.396 e. The van der Waals surface area contributed by atoms with Crippen molar-refractivity contribution in [1.82, 2.24) is 9.59 Å². The molecule has 0 atom stereocenters. The van der Waals surface area contributed by atoms with Gasteiger partial charge in [0.25, 0.3) is 0 Å². The van der Waals surface area contributed by atoms with Gasteiger partial charge < -0.3 is 4.84 Å². The summed E-state index contributed by atoms with van der Waals surface area (Å²) in [7, 11) is 0. The summed E-state index contributed by atoms with van der Waals surface area (Å²) in [5, 5.41) is 8.77. The number of rotatable bonds is 0. The van der Waals surface area contributed by atoms with Crippen LogP contribution in [0.5, 0.6) is 0 Å². The van der Waals surface area contributed by atoms with E-state index in [9.17, 15) is 0 Å². The second kappa shape index (κ2) is 4.87. The summed E-state index contributed by atoms with van der Waals surface area (Å²) < 4.78 is 3.51. The van der Waals surface area contributed by atoms with Crippen LogP contribution in [0.1, 0.15) is 6.42 Å². The molecule has 1 aromatic heterocycles. The maximum Gasteiger partial charge on any atom is 0.122 e. The van der Waals surface area contributed by atoms with Gasteiger partial charge in [-0.2, -0.15) is 0 Å². The van der Waals surface area contributed by atoms with Crippen LogP contribution in [0.15, 0.2) is 16.7 Å². The Morgan fingerprint density at radius 1 is 1.50 bits per heavy atom. The van der Waals surface area contributed by atoms with Crippen molar-refractivity contribution in [1.29, 1.82) is 0 Å². The molecule has 0 saturated carbocycles. The predicted octanol–water partition coefficient (Wildman–Crippen LogP) is 0.931. The molecular formula is C5H7N3OS. The molecule has 2 rings (SSSR count). The molecule has 0 fully saturated rings. The molecule has 0 radical (unpaired) electrons. The van der Waals surface area contributed by atoms with E-state index in [2.05, 4.69) is 19.6 Å². The first-order valence-corrected chi connectivity index (χ1v) is 3.68. The summed E-state index contributed by atoms with van der Waals surface area (Å²) in [6.45, 7) is 0.778. The topological polar surface area (TPSA) is 47.4 Å². The van der Waals surface area contributed by atoms with Crippen molar-refractivity contribution in [3.8, 4) is 0 Å². The summed E-state index contributed by atoms with van der Waals surface area (Å²) in [5.74, 6) is 0. The fourth-order valence-electron chi connectivity index (χ4n) is 0.400. The van der Waals surface area contributed by atoms with E-state index >= 15 is 0 Å². The number of hydrogen-bond acceptors (Lipinski definition) is 5. The molecule has 54 valence electrons. The van der Waals surface area contributed by atoms with Gasteiger partial charge in [0.15, 0.2) is 0 Å². The third-order valence-corrected chi connectivity index (χ3v) is 1.20. The standard InChI is InChI=1S/C3H5NO.C2H2N2S/c1-2-4-5-3-1;1-2-5-4-3-1/h2H,1,3H2;1-2H. The van der Waals surface area contributed by atoms with Gasteiger partial charge in [0.2, 0.25) is 0 Å². The van der Waals surface area contributed by atoms with Crippen molar-refractivity contribution >= 4 is 17.7 Å². The average molecular weight is 157 g/mol. The van der Waals surface area contributed by atoms with E-state index in [0.717, 1.165) is 13.0 Å². The first-order valence-electron chi connectivity index (χ1n) is 2.85. The first kappa shape index (κ1) is 7.14. The van der Waals surface area contributed by atoms with Crippen LogP contribution in [0.3, 0.4) is 0 Å². The van der Waals surface area contributed by atoms with Crippen molar-refractivity contribution in [2.75, 3.05) is 6.61 Å². The smallest absolute Gasteiger partial charge is 0.122 e. The third-order valence-electron chi connectivity index (χ3n) is 0.770. The van der Waals surface area contributed by atoms with Gasteiger partial charge in [-0.15, -0.1) is 5.10 Å². The highest BCUT2D eigenvalue weighted by atomic mass is 32.1. The maximum atomic E-state index is 4.51. The molecule has 1 aliphatic heterocycles. The molecule has 0 spiro atoms. The van der Waals surface area contributed by atoms with Crippen molar-refractivity contribution in [2.45, 2.75) is 6.42 Å². The molecule has 0 unspecified atom stereocenters. The van der Waals surface area contributed by atoms with E-state index < -0.39 is 0 Å². The van der Waals surface area contributed by atoms with Crippen LogP contribution in [0.25, 0.3) is 0 Å². The Morgan fingerprint density at radius 3 is 2.70 bits per heavy atom. The Bertz CT molecular complexity index is 152. The van der Waals surface area contributed by atoms with Gasteiger partial charge in [0.05, 0.1) is 6.20 Å². The zero-order chi connectivity index (χ0) is 7.07. The molecular weight excluding hydrogens is 150 g/mol. The average Bonchev–Trinajstić information content (AvgIpc) is 2.67. The molecule has 1 aromatic rings. The molecule has 2 heterocycles. The molecule has 0 bridgehead atoms. The van der Waals surface area contributed by atoms with E-state index in [0.29, 0.717) is 0 Å². The maximum absolute atomic E-state index is 4.51. The van der Waals surface area contributed by atoms with Gasteiger partial charge in [-0.25, -0.2) is 0 Å². The molecule has 4 nitrogen and oxygen atoms in total. The summed E-state index contributed by atoms with van der Waals surface area (Å²) >= 11 is 1.35. The lowest BCUT2D eigenvalue weighted by atomic mass is 10.5. The van der Waals surface area contributed by atoms with Gasteiger partial charge in [-0.3, -0.25) is 0 Å². The zero-order valence-corrected chi connectivity index (χ0v) is 6.12. The fraction of sp³-hybridized carbons (Fsp3) is 0.400. The second-order valence-corrected chi connectivity index (χ2v) is 2.14. The molecule has 0 aliphatic carbocycles. The van der Waals surface area contributed by atoms with Crippen LogP contribution in [0.4, 0.5) is 0 Å². The summed E-state index contributed by atoms with van der Waals surface area (Å²) in [6.07, 6.45) is 4.41. The number of aromatic nitrogens is 2. The van der Waals surface area contributed by atoms with Crippen molar-refractivity contribution in [2.24, 2.45) is 5.16 Å². The molecule has 0 aromatic carbocycles. The highest BCUT2D eigenvalue weighted by Gasteiger charge is 1.86. The van der Waals surface area contributed by atoms with Crippen LogP contribution < -0.4 is 0 Å². The van der Waals surface area contributed by atoms with Crippen molar-refractivity contribution in [3.05, 3.63) is 11.6 Å². The van der Waals surface area contributed by atoms with Crippen LogP contribution in [0, 0.1) is 0 Å². The molecule has 1 aliphatic rings. The molecule has 5 heteroatoms. The number of oxime groups is 1. The Labute approximate surface area is 62.7 Å². The van der Waals surface area contributed by atoms with Gasteiger partial charge in [-0.1, -0.05) is 9.64 Å². The summed E-state index contributed by atoms with van der Waals surface area (Å²) in [6, 6.07) is 0. The van der Waals surface area contributed by atoms with Gasteiger partial charge in [0.1, 0.15) is 6.61 Å². The number of nitrogens with zero attached hydrogens (tertiary/aromatic N) is 3. The second-order valence-electron chi connectivity index (χ2n) is 1.50. The van der Waals surface area contributed by atoms with Gasteiger partial charge in [0, 0.05) is 18.0 Å². The largest absolute Gasteiger partial charge is 0.396 e. The minimum absolute atomic E-state index is 0.778. The van der Waals surface area contributed by atoms with Gasteiger partial charge in [-0.05, 0) is 11.5 Å². The van der Waals surface area contributed by atoms with E-state index in [4.69, 9.17) is 0 Å². The van der Waals surface area contributed by atoms with Crippen molar-refractivity contribution < 1.29 is 4.84 Å². The molecule has 10 heavy (non-hydrogen) atoms. The van der Waals surface area contributed by atoms with E-state index in [1.54, 1.807) is 12.4 Å². The third kappa shape index (κ3) is 3.13. The molecule has 0 amide bonds. The zero-order valence-electron chi connectivity index (χ0n) is 5.30. The van der Waals surface area contributed by atoms with Crippen LogP contribution >= 0.6 is 11.5 Å². The Morgan fingerprint density at radius 2 is 2.50 bits per heavy atom. The van der Waals surface area contributed by atoms with Gasteiger partial charge >= 0.3 is 0 Å². The van der Waals surface area contributed by atoms with E-state index in [1.807, 2.05) is 5.38 Å². The van der Waals surface area contributed by atoms with Crippen LogP contribution in [-0.2, 0) is 4.84 Å². The Kier molecular flexibility index (Phi) is 3.48. The minimum atomic E-state index is 0.778. The monoisotopic (exact) mass is 157 g/mol. The summed E-state index contributed by atoms with van der Waals surface area (Å²) in [4.78, 5) is 4.51.